The first kappa shape index (κ1) is 15.2. The van der Waals surface area contributed by atoms with Gasteiger partial charge in [0, 0.05) is 12.1 Å². The van der Waals surface area contributed by atoms with Gasteiger partial charge in [-0.15, -0.1) is 0 Å². The van der Waals surface area contributed by atoms with Crippen LogP contribution in [0.15, 0.2) is 24.3 Å². The van der Waals surface area contributed by atoms with Crippen LogP contribution in [0, 0.1) is 6.92 Å². The van der Waals surface area contributed by atoms with Gasteiger partial charge in [-0.05, 0) is 32.3 Å². The van der Waals surface area contributed by atoms with Crippen molar-refractivity contribution in [3.8, 4) is 0 Å². The number of nitrogens with one attached hydrogen (secondary N) is 1. The van der Waals surface area contributed by atoms with E-state index in [-0.39, 0.29) is 0 Å². The third-order valence-electron chi connectivity index (χ3n) is 3.61. The number of aryl methyl sites for hydroxylation is 1. The van der Waals surface area contributed by atoms with Crippen molar-refractivity contribution < 1.29 is 0 Å². The van der Waals surface area contributed by atoms with Gasteiger partial charge in [-0.3, -0.25) is 0 Å². The summed E-state index contributed by atoms with van der Waals surface area (Å²) < 4.78 is 0. The van der Waals surface area contributed by atoms with Crippen molar-refractivity contribution in [3.63, 3.8) is 0 Å². The summed E-state index contributed by atoms with van der Waals surface area (Å²) >= 11 is 0. The van der Waals surface area contributed by atoms with Crippen molar-refractivity contribution in [2.24, 2.45) is 0 Å². The van der Waals surface area contributed by atoms with Crippen LogP contribution < -0.4 is 5.32 Å². The second-order valence-corrected chi connectivity index (χ2v) is 5.43. The standard InChI is InChI=1S/C17H29N/c1-5-7-9-17(8-6-2)18-15(4)16-12-10-14(3)11-13-16/h10-13,15,17-18H,5-9H2,1-4H3. The molecule has 0 bridgehead atoms. The largest absolute Gasteiger partial charge is 0.307 e. The molecule has 0 spiro atoms. The van der Waals surface area contributed by atoms with Gasteiger partial charge in [0.05, 0.1) is 0 Å². The van der Waals surface area contributed by atoms with E-state index in [1.807, 2.05) is 0 Å². The summed E-state index contributed by atoms with van der Waals surface area (Å²) in [5.74, 6) is 0. The molecule has 1 N–H and O–H groups in total. The van der Waals surface area contributed by atoms with E-state index in [2.05, 4.69) is 57.3 Å². The van der Waals surface area contributed by atoms with Crippen LogP contribution in [-0.2, 0) is 0 Å². The van der Waals surface area contributed by atoms with Gasteiger partial charge >= 0.3 is 0 Å². The van der Waals surface area contributed by atoms with Crippen LogP contribution in [0.2, 0.25) is 0 Å². The Morgan fingerprint density at radius 3 is 2.22 bits per heavy atom. The van der Waals surface area contributed by atoms with Crippen LogP contribution in [0.5, 0.6) is 0 Å². The van der Waals surface area contributed by atoms with Crippen molar-refractivity contribution in [2.45, 2.75) is 71.9 Å². The first-order chi connectivity index (χ1) is 8.67. The molecule has 0 radical (unpaired) electrons. The number of hydrogen-bond donors (Lipinski definition) is 1. The molecule has 18 heavy (non-hydrogen) atoms. The lowest BCUT2D eigenvalue weighted by Crippen LogP contribution is -2.31. The van der Waals surface area contributed by atoms with Crippen LogP contribution in [0.1, 0.15) is 70.0 Å². The Kier molecular flexibility index (Phi) is 7.04. The molecule has 0 saturated carbocycles. The van der Waals surface area contributed by atoms with Gasteiger partial charge in [0.2, 0.25) is 0 Å². The van der Waals surface area contributed by atoms with E-state index >= 15 is 0 Å². The highest BCUT2D eigenvalue weighted by molar-refractivity contribution is 5.23. The van der Waals surface area contributed by atoms with Crippen LogP contribution in [-0.4, -0.2) is 6.04 Å². The first-order valence-electron chi connectivity index (χ1n) is 7.50. The summed E-state index contributed by atoms with van der Waals surface area (Å²) in [7, 11) is 0. The van der Waals surface area contributed by atoms with Crippen molar-refractivity contribution in [3.05, 3.63) is 35.4 Å². The van der Waals surface area contributed by atoms with E-state index in [0.29, 0.717) is 12.1 Å². The number of unbranched alkanes of at least 4 members (excludes halogenated alkanes) is 1. The van der Waals surface area contributed by atoms with Crippen LogP contribution in [0.4, 0.5) is 0 Å². The van der Waals surface area contributed by atoms with E-state index < -0.39 is 0 Å². The second-order valence-electron chi connectivity index (χ2n) is 5.43. The highest BCUT2D eigenvalue weighted by Crippen LogP contribution is 2.17. The molecule has 2 unspecified atom stereocenters. The summed E-state index contributed by atoms with van der Waals surface area (Å²) in [6.07, 6.45) is 6.48. The normalized spacial score (nSPS) is 14.4. The number of benzene rings is 1. The number of hydrogen-bond acceptors (Lipinski definition) is 1. The zero-order chi connectivity index (χ0) is 13.4. The minimum Gasteiger partial charge on any atom is -0.307 e. The van der Waals surface area contributed by atoms with Crippen molar-refractivity contribution >= 4 is 0 Å². The third-order valence-corrected chi connectivity index (χ3v) is 3.61. The molecule has 0 aromatic heterocycles. The molecule has 0 amide bonds. The fourth-order valence-corrected chi connectivity index (χ4v) is 2.41. The lowest BCUT2D eigenvalue weighted by atomic mass is 10.0. The molecule has 1 nitrogen and oxygen atoms in total. The molecule has 0 saturated heterocycles. The molecule has 0 aliphatic rings. The van der Waals surface area contributed by atoms with Crippen LogP contribution in [0.25, 0.3) is 0 Å². The monoisotopic (exact) mass is 247 g/mol. The smallest absolute Gasteiger partial charge is 0.0294 e. The zero-order valence-electron chi connectivity index (χ0n) is 12.5. The summed E-state index contributed by atoms with van der Waals surface area (Å²) in [4.78, 5) is 0. The molecular formula is C17H29N. The molecule has 1 heteroatoms. The summed E-state index contributed by atoms with van der Waals surface area (Å²) in [6, 6.07) is 10.0. The fraction of sp³-hybridized carbons (Fsp3) is 0.647. The molecule has 0 fully saturated rings. The van der Waals surface area contributed by atoms with Crippen molar-refractivity contribution in [1.29, 1.82) is 0 Å². The van der Waals surface area contributed by atoms with Crippen LogP contribution >= 0.6 is 0 Å². The minimum atomic E-state index is 0.457. The maximum absolute atomic E-state index is 3.79. The Labute approximate surface area is 113 Å². The fourth-order valence-electron chi connectivity index (χ4n) is 2.41. The van der Waals surface area contributed by atoms with Gasteiger partial charge in [0.25, 0.3) is 0 Å². The van der Waals surface area contributed by atoms with E-state index in [0.717, 1.165) is 0 Å². The van der Waals surface area contributed by atoms with E-state index in [4.69, 9.17) is 0 Å². The average Bonchev–Trinajstić information content (AvgIpc) is 2.37. The quantitative estimate of drug-likeness (QED) is 0.681. The Bertz CT molecular complexity index is 315. The molecule has 102 valence electrons. The van der Waals surface area contributed by atoms with Crippen molar-refractivity contribution in [2.75, 3.05) is 0 Å². The molecular weight excluding hydrogens is 218 g/mol. The molecule has 0 aliphatic heterocycles. The predicted octanol–water partition coefficient (Wildman–Crippen LogP) is 5.00. The molecule has 1 aromatic rings. The van der Waals surface area contributed by atoms with Gasteiger partial charge in [-0.1, -0.05) is 62.9 Å². The second kappa shape index (κ2) is 8.31. The first-order valence-corrected chi connectivity index (χ1v) is 7.50. The van der Waals surface area contributed by atoms with Crippen molar-refractivity contribution in [1.82, 2.24) is 5.32 Å². The lowest BCUT2D eigenvalue weighted by molar-refractivity contribution is 0.396. The molecule has 0 aliphatic carbocycles. The van der Waals surface area contributed by atoms with Gasteiger partial charge in [0.1, 0.15) is 0 Å². The van der Waals surface area contributed by atoms with Gasteiger partial charge < -0.3 is 5.32 Å². The SMILES string of the molecule is CCCCC(CCC)NC(C)c1ccc(C)cc1. The number of rotatable bonds is 8. The third kappa shape index (κ3) is 5.22. The lowest BCUT2D eigenvalue weighted by Gasteiger charge is -2.23. The molecule has 0 heterocycles. The zero-order valence-corrected chi connectivity index (χ0v) is 12.5. The highest BCUT2D eigenvalue weighted by atomic mass is 14.9. The minimum absolute atomic E-state index is 0.457. The van der Waals surface area contributed by atoms with Gasteiger partial charge in [-0.2, -0.15) is 0 Å². The summed E-state index contributed by atoms with van der Waals surface area (Å²) in [5.41, 5.74) is 2.74. The summed E-state index contributed by atoms with van der Waals surface area (Å²) in [6.45, 7) is 8.96. The molecule has 1 aromatic carbocycles. The Balaban J connectivity index is 2.53. The van der Waals surface area contributed by atoms with Gasteiger partial charge in [0.15, 0.2) is 0 Å². The topological polar surface area (TPSA) is 12.0 Å². The average molecular weight is 247 g/mol. The Morgan fingerprint density at radius 2 is 1.67 bits per heavy atom. The maximum Gasteiger partial charge on any atom is 0.0294 e. The predicted molar refractivity (Wildman–Crippen MR) is 81.0 cm³/mol. The molecule has 2 atom stereocenters. The van der Waals surface area contributed by atoms with E-state index in [1.165, 1.54) is 43.2 Å². The van der Waals surface area contributed by atoms with E-state index in [9.17, 15) is 0 Å². The Morgan fingerprint density at radius 1 is 1.00 bits per heavy atom. The molecule has 1 rings (SSSR count). The Hall–Kier alpha value is -0.820. The van der Waals surface area contributed by atoms with E-state index in [1.54, 1.807) is 0 Å². The van der Waals surface area contributed by atoms with Gasteiger partial charge in [-0.25, -0.2) is 0 Å². The maximum atomic E-state index is 3.79. The highest BCUT2D eigenvalue weighted by Gasteiger charge is 2.12. The summed E-state index contributed by atoms with van der Waals surface area (Å²) in [5, 5.41) is 3.79. The van der Waals surface area contributed by atoms with Crippen LogP contribution in [0.3, 0.4) is 0 Å².